The lowest BCUT2D eigenvalue weighted by atomic mass is 9.99. The molecule has 62 heavy (non-hydrogen) atoms. The largest absolute Gasteiger partial charge is 0.475 e. The van der Waals surface area contributed by atoms with Crippen molar-refractivity contribution < 1.29 is 56.2 Å². The third-order valence-corrected chi connectivity index (χ3v) is 12.7. The molecule has 26 heteroatoms. The van der Waals surface area contributed by atoms with Crippen molar-refractivity contribution in [3.8, 4) is 6.07 Å². The van der Waals surface area contributed by atoms with Crippen molar-refractivity contribution in [2.24, 2.45) is 17.8 Å². The van der Waals surface area contributed by atoms with Crippen LogP contribution in [0.15, 0.2) is 54.1 Å². The fourth-order valence-corrected chi connectivity index (χ4v) is 9.51. The second-order valence-corrected chi connectivity index (χ2v) is 17.3. The molecule has 8 rings (SSSR count). The third kappa shape index (κ3) is 8.75. The Bertz CT molecular complexity index is 2590. The van der Waals surface area contributed by atoms with Gasteiger partial charge in [-0.25, -0.2) is 24.5 Å². The first-order valence-electron chi connectivity index (χ1n) is 19.3. The van der Waals surface area contributed by atoms with Crippen LogP contribution in [0.2, 0.25) is 0 Å². The van der Waals surface area contributed by atoms with Crippen LogP contribution in [-0.2, 0) is 41.5 Å². The number of nitrogens with zero attached hydrogens (tertiary/aromatic N) is 8. The topological polar surface area (TPSA) is 311 Å². The number of hydrogen-bond donors (Lipinski definition) is 5. The summed E-state index contributed by atoms with van der Waals surface area (Å²) in [7, 11) is -7.41. The van der Waals surface area contributed by atoms with Gasteiger partial charge in [-0.15, -0.1) is 0 Å². The van der Waals surface area contributed by atoms with Gasteiger partial charge in [-0.1, -0.05) is 39.0 Å². The summed E-state index contributed by atoms with van der Waals surface area (Å²) in [4.78, 5) is 73.9. The summed E-state index contributed by atoms with van der Waals surface area (Å²) in [6.07, 6.45) is -3.01. The fourth-order valence-electron chi connectivity index (χ4n) is 7.24. The molecule has 3 aliphatic heterocycles. The van der Waals surface area contributed by atoms with Crippen LogP contribution in [0.3, 0.4) is 0 Å². The Kier molecular flexibility index (Phi) is 12.8. The summed E-state index contributed by atoms with van der Waals surface area (Å²) in [5.41, 5.74) is 0.0615. The van der Waals surface area contributed by atoms with Crippen molar-refractivity contribution in [3.63, 3.8) is 0 Å². The highest BCUT2D eigenvalue weighted by molar-refractivity contribution is 7.48. The molecule has 0 saturated carbocycles. The number of anilines is 2. The number of aromatic amines is 1. The fraction of sp³-hybridized carbons (Fsp3) is 0.472. The summed E-state index contributed by atoms with van der Waals surface area (Å²) < 4.78 is 60.0. The smallest absolute Gasteiger partial charge is 0.396 e. The van der Waals surface area contributed by atoms with Gasteiger partial charge in [0.1, 0.15) is 30.9 Å². The highest BCUT2D eigenvalue weighted by atomic mass is 31.2. The molecule has 10 unspecified atom stereocenters. The van der Waals surface area contributed by atoms with Crippen LogP contribution in [0.25, 0.3) is 22.3 Å². The van der Waals surface area contributed by atoms with Crippen molar-refractivity contribution >= 4 is 62.3 Å². The predicted molar refractivity (Wildman–Crippen MR) is 213 cm³/mol. The number of carbonyl (C=O) groups excluding carboxylic acids is 2. The maximum absolute atomic E-state index is 14.7. The van der Waals surface area contributed by atoms with E-state index in [9.17, 15) is 34.2 Å². The molecule has 4 aromatic heterocycles. The second-order valence-electron chi connectivity index (χ2n) is 14.7. The minimum absolute atomic E-state index is 0.0649. The molecule has 24 nitrogen and oxygen atoms in total. The van der Waals surface area contributed by atoms with Gasteiger partial charge in [0.05, 0.1) is 57.7 Å². The van der Waals surface area contributed by atoms with E-state index in [2.05, 4.69) is 40.5 Å². The zero-order chi connectivity index (χ0) is 43.7. The number of ether oxygens (including phenoxy) is 2. The van der Waals surface area contributed by atoms with E-state index in [1.54, 1.807) is 55.7 Å². The van der Waals surface area contributed by atoms with E-state index in [1.165, 1.54) is 23.5 Å². The molecule has 3 aliphatic rings. The number of phosphoric acid groups is 1. The normalized spacial score (nSPS) is 29.1. The average molecular weight is 898 g/mol. The van der Waals surface area contributed by atoms with Gasteiger partial charge in [0.25, 0.3) is 11.5 Å². The summed E-state index contributed by atoms with van der Waals surface area (Å²) >= 11 is 0. The SMILES string of the molecule is CC(C)C(=O)Nc1nc2c(ncn2C2OC3COP(O)OC4C(COP(=O)(OCCC#N)OC2C3CO)OC(n2cnc3c(NC(=O)c5ccccc5)ncnc32)C4C)c(=O)[nH]1. The number of H-pyrrole nitrogens is 1. The number of nitriles is 1. The number of nitrogens with one attached hydrogen (secondary N) is 3. The quantitative estimate of drug-likeness (QED) is 0.0994. The first-order valence-corrected chi connectivity index (χ1v) is 21.9. The summed E-state index contributed by atoms with van der Waals surface area (Å²) in [5, 5.41) is 25.3. The molecule has 0 spiro atoms. The van der Waals surface area contributed by atoms with Crippen molar-refractivity contribution in [1.29, 1.82) is 5.26 Å². The molecule has 0 aliphatic carbocycles. The lowest BCUT2D eigenvalue weighted by Crippen LogP contribution is -2.33. The third-order valence-electron chi connectivity index (χ3n) is 10.4. The molecule has 5 aromatic rings. The number of aliphatic hydroxyl groups excluding tert-OH is 1. The Morgan fingerprint density at radius 1 is 1.03 bits per heavy atom. The molecule has 2 bridgehead atoms. The summed E-state index contributed by atoms with van der Waals surface area (Å²) in [6, 6.07) is 10.5. The highest BCUT2D eigenvalue weighted by Gasteiger charge is 2.53. The number of amides is 2. The van der Waals surface area contributed by atoms with Crippen molar-refractivity contribution in [1.82, 2.24) is 39.0 Å². The standard InChI is InChI=1S/C36H41N11O13P2/c1-18(2)31(49)44-36-43-30-25(33(51)45-36)41-17-47(30)35-27-21(12-48)22(57-35)13-54-61(52)59-26-19(3)34(58-23(26)14-56-62(53,60-27)55-11-7-10-37)46-16-40-24-28(38-15-39-29(24)46)42-32(50)20-8-5-4-6-9-20/h4-6,8-9,15-19,21-23,26-27,34-35,48,52H,7,11-14H2,1-3H3,(H,38,39,42,50)(H2,43,44,45,49,51). The van der Waals surface area contributed by atoms with Crippen LogP contribution in [0.4, 0.5) is 11.8 Å². The van der Waals surface area contributed by atoms with Crippen LogP contribution in [0.1, 0.15) is 50.0 Å². The van der Waals surface area contributed by atoms with Crippen LogP contribution in [0.5, 0.6) is 0 Å². The number of aliphatic hydroxyl groups is 1. The molecule has 5 N–H and O–H groups in total. The minimum Gasteiger partial charge on any atom is -0.396 e. The van der Waals surface area contributed by atoms with Gasteiger partial charge in [-0.3, -0.25) is 47.4 Å². The van der Waals surface area contributed by atoms with Crippen LogP contribution in [-0.4, -0.2) is 112 Å². The second kappa shape index (κ2) is 18.3. The first kappa shape index (κ1) is 43.5. The molecule has 0 radical (unpaired) electrons. The summed E-state index contributed by atoms with van der Waals surface area (Å²) in [5.74, 6) is -2.93. The minimum atomic E-state index is -4.74. The van der Waals surface area contributed by atoms with E-state index >= 15 is 0 Å². The van der Waals surface area contributed by atoms with E-state index in [-0.39, 0.29) is 48.1 Å². The zero-order valence-corrected chi connectivity index (χ0v) is 35.0. The molecule has 1 aromatic carbocycles. The molecular weight excluding hydrogens is 856 g/mol. The maximum atomic E-state index is 14.7. The van der Waals surface area contributed by atoms with Crippen LogP contribution in [0, 0.1) is 29.1 Å². The number of imidazole rings is 2. The number of hydrogen-bond acceptors (Lipinski definition) is 19. The van der Waals surface area contributed by atoms with E-state index < -0.39 is 102 Å². The summed E-state index contributed by atoms with van der Waals surface area (Å²) in [6.45, 7) is 3.18. The number of fused-ring (bicyclic) bond motifs is 5. The van der Waals surface area contributed by atoms with Gasteiger partial charge in [-0.05, 0) is 12.1 Å². The number of aromatic nitrogens is 8. The molecule has 10 atom stereocenters. The maximum Gasteiger partial charge on any atom is 0.475 e. The predicted octanol–water partition coefficient (Wildman–Crippen LogP) is 2.92. The van der Waals surface area contributed by atoms with E-state index in [4.69, 9.17) is 32.1 Å². The molecule has 2 amide bonds. The van der Waals surface area contributed by atoms with Gasteiger partial charge < -0.3 is 33.8 Å². The lowest BCUT2D eigenvalue weighted by Gasteiger charge is -2.28. The zero-order valence-electron chi connectivity index (χ0n) is 33.2. The van der Waals surface area contributed by atoms with Gasteiger partial charge in [0.2, 0.25) is 11.9 Å². The molecule has 3 fully saturated rings. The van der Waals surface area contributed by atoms with E-state index in [0.29, 0.717) is 11.2 Å². The Morgan fingerprint density at radius 2 is 1.77 bits per heavy atom. The van der Waals surface area contributed by atoms with Crippen LogP contribution >= 0.6 is 16.4 Å². The first-order chi connectivity index (χ1) is 29.9. The Morgan fingerprint density at radius 3 is 2.52 bits per heavy atom. The van der Waals surface area contributed by atoms with Gasteiger partial charge in [-0.2, -0.15) is 10.2 Å². The van der Waals surface area contributed by atoms with Crippen molar-refractivity contribution in [2.75, 3.05) is 37.1 Å². The Labute approximate surface area is 352 Å². The Hall–Kier alpha value is -5.15. The van der Waals surface area contributed by atoms with Gasteiger partial charge in [0, 0.05) is 23.3 Å². The monoisotopic (exact) mass is 897 g/mol. The number of phosphoric ester groups is 1. The lowest BCUT2D eigenvalue weighted by molar-refractivity contribution is -0.118. The number of carbonyl (C=O) groups is 2. The van der Waals surface area contributed by atoms with Gasteiger partial charge >= 0.3 is 16.4 Å². The molecular formula is C36H41N11O13P2. The van der Waals surface area contributed by atoms with Crippen LogP contribution < -0.4 is 16.2 Å². The van der Waals surface area contributed by atoms with E-state index in [1.807, 2.05) is 6.07 Å². The van der Waals surface area contributed by atoms with Gasteiger partial charge in [0.15, 0.2) is 34.4 Å². The van der Waals surface area contributed by atoms with Crippen molar-refractivity contribution in [2.45, 2.75) is 64.1 Å². The molecule has 328 valence electrons. The average Bonchev–Trinajstić information content (AvgIpc) is 4.03. The molecule has 3 saturated heterocycles. The number of rotatable bonds is 10. The van der Waals surface area contributed by atoms with Crippen molar-refractivity contribution in [3.05, 3.63) is 65.2 Å². The highest BCUT2D eigenvalue weighted by Crippen LogP contribution is 2.57. The molecule has 7 heterocycles. The Balaban J connectivity index is 1.10. The number of benzene rings is 1. The van der Waals surface area contributed by atoms with E-state index in [0.717, 1.165) is 0 Å².